The highest BCUT2D eigenvalue weighted by atomic mass is 19.1. The summed E-state index contributed by atoms with van der Waals surface area (Å²) in [6.45, 7) is 0. The van der Waals surface area contributed by atoms with E-state index in [1.807, 2.05) is 6.07 Å². The Morgan fingerprint density at radius 2 is 1.83 bits per heavy atom. The van der Waals surface area contributed by atoms with E-state index in [1.165, 1.54) is 12.1 Å². The fourth-order valence-corrected chi connectivity index (χ4v) is 1.69. The number of nitrogens with zero attached hydrogens (tertiary/aromatic N) is 1. The molecule has 2 aromatic rings. The lowest BCUT2D eigenvalue weighted by molar-refractivity contribution is 0.112. The summed E-state index contributed by atoms with van der Waals surface area (Å²) in [6.07, 6.45) is 0.561. The van der Waals surface area contributed by atoms with Crippen LogP contribution < -0.4 is 0 Å². The van der Waals surface area contributed by atoms with Crippen LogP contribution in [0.2, 0.25) is 0 Å². The SMILES string of the molecule is N#Cc1cc(F)cc(-c2cc(F)ccc2C=O)c1. The van der Waals surface area contributed by atoms with Crippen LogP contribution in [-0.2, 0) is 0 Å². The van der Waals surface area contributed by atoms with Crippen molar-refractivity contribution in [1.82, 2.24) is 0 Å². The first-order valence-corrected chi connectivity index (χ1v) is 5.10. The molecule has 4 heteroatoms. The largest absolute Gasteiger partial charge is 0.298 e. The Kier molecular flexibility index (Phi) is 3.16. The van der Waals surface area contributed by atoms with Crippen molar-refractivity contribution in [3.05, 3.63) is 59.2 Å². The summed E-state index contributed by atoms with van der Waals surface area (Å²) in [7, 11) is 0. The van der Waals surface area contributed by atoms with Gasteiger partial charge < -0.3 is 0 Å². The van der Waals surface area contributed by atoms with Gasteiger partial charge in [-0.05, 0) is 47.5 Å². The Labute approximate surface area is 102 Å². The fourth-order valence-electron chi connectivity index (χ4n) is 1.69. The quantitative estimate of drug-likeness (QED) is 0.759. The first-order chi connectivity index (χ1) is 8.63. The molecule has 0 aromatic heterocycles. The van der Waals surface area contributed by atoms with Crippen LogP contribution in [0.25, 0.3) is 11.1 Å². The molecule has 2 aromatic carbocycles. The number of benzene rings is 2. The van der Waals surface area contributed by atoms with Gasteiger partial charge in [-0.3, -0.25) is 4.79 Å². The highest BCUT2D eigenvalue weighted by molar-refractivity contribution is 5.87. The number of hydrogen-bond acceptors (Lipinski definition) is 2. The van der Waals surface area contributed by atoms with Gasteiger partial charge in [0.1, 0.15) is 11.6 Å². The van der Waals surface area contributed by atoms with Crippen LogP contribution in [0, 0.1) is 23.0 Å². The molecule has 88 valence electrons. The zero-order valence-corrected chi connectivity index (χ0v) is 9.15. The molecule has 0 spiro atoms. The van der Waals surface area contributed by atoms with E-state index in [4.69, 9.17) is 5.26 Å². The van der Waals surface area contributed by atoms with Gasteiger partial charge in [0.05, 0.1) is 11.6 Å². The maximum Gasteiger partial charge on any atom is 0.150 e. The molecule has 0 fully saturated rings. The van der Waals surface area contributed by atoms with E-state index in [0.717, 1.165) is 24.3 Å². The zero-order chi connectivity index (χ0) is 13.1. The lowest BCUT2D eigenvalue weighted by Gasteiger charge is -2.06. The fraction of sp³-hybridized carbons (Fsp3) is 0. The van der Waals surface area contributed by atoms with Gasteiger partial charge in [-0.15, -0.1) is 0 Å². The number of nitriles is 1. The van der Waals surface area contributed by atoms with E-state index in [-0.39, 0.29) is 16.7 Å². The molecule has 0 aliphatic rings. The smallest absolute Gasteiger partial charge is 0.150 e. The van der Waals surface area contributed by atoms with Crippen molar-refractivity contribution in [2.24, 2.45) is 0 Å². The maximum absolute atomic E-state index is 13.3. The van der Waals surface area contributed by atoms with Crippen LogP contribution in [0.15, 0.2) is 36.4 Å². The second-order valence-corrected chi connectivity index (χ2v) is 3.69. The summed E-state index contributed by atoms with van der Waals surface area (Å²) >= 11 is 0. The molecule has 2 rings (SSSR count). The van der Waals surface area contributed by atoms with Gasteiger partial charge in [-0.2, -0.15) is 5.26 Å². The molecule has 0 radical (unpaired) electrons. The lowest BCUT2D eigenvalue weighted by Crippen LogP contribution is -1.91. The van der Waals surface area contributed by atoms with Gasteiger partial charge in [0.15, 0.2) is 6.29 Å². The van der Waals surface area contributed by atoms with Crippen molar-refractivity contribution in [3.63, 3.8) is 0 Å². The van der Waals surface area contributed by atoms with Crippen LogP contribution in [0.1, 0.15) is 15.9 Å². The van der Waals surface area contributed by atoms with E-state index in [2.05, 4.69) is 0 Å². The first kappa shape index (κ1) is 11.9. The molecule has 0 saturated heterocycles. The van der Waals surface area contributed by atoms with Crippen molar-refractivity contribution in [2.45, 2.75) is 0 Å². The standard InChI is InChI=1S/C14H7F2NO/c15-12-2-1-10(8-18)14(6-12)11-3-9(7-17)4-13(16)5-11/h1-6,8H. The Morgan fingerprint density at radius 1 is 1.06 bits per heavy atom. The number of rotatable bonds is 2. The maximum atomic E-state index is 13.3. The minimum Gasteiger partial charge on any atom is -0.298 e. The summed E-state index contributed by atoms with van der Waals surface area (Å²) in [5, 5.41) is 8.75. The Balaban J connectivity index is 2.68. The molecule has 18 heavy (non-hydrogen) atoms. The summed E-state index contributed by atoms with van der Waals surface area (Å²) in [5.41, 5.74) is 0.922. The molecule has 0 bridgehead atoms. The second-order valence-electron chi connectivity index (χ2n) is 3.69. The predicted octanol–water partition coefficient (Wildman–Crippen LogP) is 3.32. The monoisotopic (exact) mass is 243 g/mol. The molecule has 0 N–H and O–H groups in total. The third-order valence-electron chi connectivity index (χ3n) is 2.48. The zero-order valence-electron chi connectivity index (χ0n) is 9.15. The average Bonchev–Trinajstić information content (AvgIpc) is 2.38. The molecular weight excluding hydrogens is 236 g/mol. The number of aldehydes is 1. The number of carbonyl (C=O) groups excluding carboxylic acids is 1. The van der Waals surface area contributed by atoms with E-state index in [0.29, 0.717) is 11.8 Å². The van der Waals surface area contributed by atoms with Crippen molar-refractivity contribution in [3.8, 4) is 17.2 Å². The highest BCUT2D eigenvalue weighted by Gasteiger charge is 2.09. The summed E-state index contributed by atoms with van der Waals surface area (Å²) in [5.74, 6) is -1.14. The van der Waals surface area contributed by atoms with E-state index in [1.54, 1.807) is 0 Å². The predicted molar refractivity (Wildman–Crippen MR) is 61.9 cm³/mol. The molecule has 0 atom stereocenters. The Bertz CT molecular complexity index is 659. The lowest BCUT2D eigenvalue weighted by atomic mass is 9.98. The van der Waals surface area contributed by atoms with Crippen molar-refractivity contribution in [2.75, 3.05) is 0 Å². The second kappa shape index (κ2) is 4.76. The van der Waals surface area contributed by atoms with Gasteiger partial charge >= 0.3 is 0 Å². The average molecular weight is 243 g/mol. The van der Waals surface area contributed by atoms with E-state index in [9.17, 15) is 13.6 Å². The van der Waals surface area contributed by atoms with Crippen molar-refractivity contribution in [1.29, 1.82) is 5.26 Å². The molecular formula is C14H7F2NO. The Hall–Kier alpha value is -2.54. The van der Waals surface area contributed by atoms with Crippen molar-refractivity contribution >= 4 is 6.29 Å². The summed E-state index contributed by atoms with van der Waals surface area (Å²) < 4.78 is 26.5. The molecule has 0 aliphatic carbocycles. The van der Waals surface area contributed by atoms with Crippen LogP contribution in [0.3, 0.4) is 0 Å². The van der Waals surface area contributed by atoms with Crippen LogP contribution >= 0.6 is 0 Å². The third kappa shape index (κ3) is 2.25. The van der Waals surface area contributed by atoms with Gasteiger partial charge in [0.2, 0.25) is 0 Å². The summed E-state index contributed by atoms with van der Waals surface area (Å²) in [6, 6.07) is 9.05. The van der Waals surface area contributed by atoms with Crippen molar-refractivity contribution < 1.29 is 13.6 Å². The normalized spacial score (nSPS) is 9.83. The van der Waals surface area contributed by atoms with Gasteiger partial charge in [-0.1, -0.05) is 0 Å². The molecule has 0 unspecified atom stereocenters. The number of hydrogen-bond donors (Lipinski definition) is 0. The molecule has 0 amide bonds. The van der Waals surface area contributed by atoms with Crippen LogP contribution in [0.5, 0.6) is 0 Å². The topological polar surface area (TPSA) is 40.9 Å². The van der Waals surface area contributed by atoms with Gasteiger partial charge in [0.25, 0.3) is 0 Å². The highest BCUT2D eigenvalue weighted by Crippen LogP contribution is 2.25. The van der Waals surface area contributed by atoms with E-state index < -0.39 is 11.6 Å². The molecule has 0 aliphatic heterocycles. The Morgan fingerprint density at radius 3 is 2.50 bits per heavy atom. The first-order valence-electron chi connectivity index (χ1n) is 5.10. The van der Waals surface area contributed by atoms with Gasteiger partial charge in [-0.25, -0.2) is 8.78 Å². The van der Waals surface area contributed by atoms with Crippen LogP contribution in [0.4, 0.5) is 8.78 Å². The van der Waals surface area contributed by atoms with Gasteiger partial charge in [0, 0.05) is 5.56 Å². The minimum atomic E-state index is -0.606. The molecule has 0 saturated carbocycles. The number of carbonyl (C=O) groups is 1. The third-order valence-corrected chi connectivity index (χ3v) is 2.48. The van der Waals surface area contributed by atoms with Crippen LogP contribution in [-0.4, -0.2) is 6.29 Å². The molecule has 0 heterocycles. The molecule has 2 nitrogen and oxygen atoms in total. The summed E-state index contributed by atoms with van der Waals surface area (Å²) in [4.78, 5) is 10.9. The number of halogens is 2. The minimum absolute atomic E-state index is 0.117. The van der Waals surface area contributed by atoms with E-state index >= 15 is 0 Å².